The molecule has 2 N–H and O–H groups in total. The van der Waals surface area contributed by atoms with Gasteiger partial charge in [0.2, 0.25) is 0 Å². The van der Waals surface area contributed by atoms with Gasteiger partial charge in [-0.05, 0) is 6.54 Å². The molecular weight excluding hydrogens is 364 g/mol. The molecule has 0 amide bonds. The van der Waals surface area contributed by atoms with Gasteiger partial charge in [0.05, 0.1) is 19.6 Å². The number of hydrogen-bond donors (Lipinski definition) is 2. The monoisotopic (exact) mass is 400 g/mol. The molecule has 0 saturated carbocycles. The number of rotatable bonds is 8. The Morgan fingerprint density at radius 3 is 1.29 bits per heavy atom. The first-order valence-electron chi connectivity index (χ1n) is 10.1. The summed E-state index contributed by atoms with van der Waals surface area (Å²) in [4.78, 5) is 42.7. The van der Waals surface area contributed by atoms with Crippen LogP contribution in [-0.2, 0) is 14.4 Å². The summed E-state index contributed by atoms with van der Waals surface area (Å²) in [6.07, 6.45) is 0. The van der Waals surface area contributed by atoms with Crippen molar-refractivity contribution >= 4 is 17.7 Å². The third-order valence-electron chi connectivity index (χ3n) is 5.12. The number of likely N-dealkylation sites (N-methyl/N-ethyl adjacent to an activating group) is 1. The number of carbonyl (C=O) groups excluding carboxylic acids is 1. The second-order valence-corrected chi connectivity index (χ2v) is 7.67. The van der Waals surface area contributed by atoms with Crippen molar-refractivity contribution < 1.29 is 24.6 Å². The van der Waals surface area contributed by atoms with Crippen molar-refractivity contribution in [2.24, 2.45) is 5.92 Å². The average Bonchev–Trinajstić information content (AvgIpc) is 2.60. The highest BCUT2D eigenvalue weighted by Gasteiger charge is 2.20. The average molecular weight is 401 g/mol. The van der Waals surface area contributed by atoms with Gasteiger partial charge in [0.15, 0.2) is 0 Å². The van der Waals surface area contributed by atoms with E-state index in [4.69, 9.17) is 0 Å². The third kappa shape index (κ3) is 10.1. The van der Waals surface area contributed by atoms with Crippen LogP contribution < -0.4 is 0 Å². The molecule has 0 aromatic heterocycles. The molecule has 28 heavy (non-hydrogen) atoms. The van der Waals surface area contributed by atoms with Crippen LogP contribution in [0.25, 0.3) is 0 Å². The maximum atomic E-state index is 12.2. The van der Waals surface area contributed by atoms with Crippen LogP contribution >= 0.6 is 0 Å². The molecule has 0 aliphatic carbocycles. The molecule has 0 unspecified atom stereocenters. The van der Waals surface area contributed by atoms with E-state index in [2.05, 4.69) is 4.90 Å². The maximum absolute atomic E-state index is 12.2. The number of Topliss-reactive ketones (excluding diaryl/α,β-unsaturated/α-hetero) is 1. The van der Waals surface area contributed by atoms with Crippen LogP contribution in [0.4, 0.5) is 0 Å². The quantitative estimate of drug-likeness (QED) is 0.564. The number of hydrogen-bond acceptors (Lipinski definition) is 7. The van der Waals surface area contributed by atoms with E-state index < -0.39 is 11.9 Å². The summed E-state index contributed by atoms with van der Waals surface area (Å²) in [7, 11) is 0. The minimum Gasteiger partial charge on any atom is -0.480 e. The van der Waals surface area contributed by atoms with E-state index in [9.17, 15) is 24.6 Å². The van der Waals surface area contributed by atoms with Gasteiger partial charge in [-0.15, -0.1) is 0 Å². The second-order valence-electron chi connectivity index (χ2n) is 7.67. The molecule has 9 heteroatoms. The summed E-state index contributed by atoms with van der Waals surface area (Å²) in [6.45, 7) is 11.9. The standard InChI is InChI=1S/C19H36N4O5/c1-4-20-5-7-22(14-18(25)26)11-9-21(13-17(24)16(2)3)10-12-23(8-6-20)15-19(27)28/h16H,4-15H2,1-3H3,(H,25,26)(H,27,28). The van der Waals surface area contributed by atoms with Crippen molar-refractivity contribution in [3.8, 4) is 0 Å². The molecule has 1 fully saturated rings. The van der Waals surface area contributed by atoms with Crippen LogP contribution in [0.5, 0.6) is 0 Å². The molecule has 1 aliphatic rings. The Morgan fingerprint density at radius 1 is 0.679 bits per heavy atom. The van der Waals surface area contributed by atoms with Crippen LogP contribution in [0.1, 0.15) is 20.8 Å². The van der Waals surface area contributed by atoms with Gasteiger partial charge < -0.3 is 15.1 Å². The number of carbonyl (C=O) groups is 3. The molecule has 9 nitrogen and oxygen atoms in total. The van der Waals surface area contributed by atoms with Crippen LogP contribution in [0, 0.1) is 5.92 Å². The topological polar surface area (TPSA) is 105 Å². The van der Waals surface area contributed by atoms with Gasteiger partial charge in [0.1, 0.15) is 5.78 Å². The summed E-state index contributed by atoms with van der Waals surface area (Å²) in [5, 5.41) is 18.4. The summed E-state index contributed by atoms with van der Waals surface area (Å²) in [6, 6.07) is 0. The van der Waals surface area contributed by atoms with Crippen molar-refractivity contribution in [1.82, 2.24) is 19.6 Å². The molecule has 1 heterocycles. The van der Waals surface area contributed by atoms with E-state index in [-0.39, 0.29) is 24.8 Å². The Bertz CT molecular complexity index is 483. The van der Waals surface area contributed by atoms with Gasteiger partial charge in [-0.1, -0.05) is 20.8 Å². The fourth-order valence-corrected chi connectivity index (χ4v) is 3.15. The van der Waals surface area contributed by atoms with Crippen molar-refractivity contribution in [3.05, 3.63) is 0 Å². The van der Waals surface area contributed by atoms with E-state index in [1.807, 2.05) is 35.5 Å². The molecule has 1 aliphatic heterocycles. The first-order valence-corrected chi connectivity index (χ1v) is 10.1. The number of carboxylic acids is 2. The predicted octanol–water partition coefficient (Wildman–Crippen LogP) is -0.378. The highest BCUT2D eigenvalue weighted by Crippen LogP contribution is 2.03. The Hall–Kier alpha value is -1.55. The maximum Gasteiger partial charge on any atom is 0.317 e. The minimum absolute atomic E-state index is 0.0192. The molecule has 0 aromatic carbocycles. The van der Waals surface area contributed by atoms with Gasteiger partial charge in [-0.25, -0.2) is 0 Å². The van der Waals surface area contributed by atoms with E-state index in [0.717, 1.165) is 19.6 Å². The fourth-order valence-electron chi connectivity index (χ4n) is 3.15. The van der Waals surface area contributed by atoms with Crippen molar-refractivity contribution in [2.75, 3.05) is 78.5 Å². The van der Waals surface area contributed by atoms with Crippen LogP contribution in [0.3, 0.4) is 0 Å². The molecule has 0 aromatic rings. The second kappa shape index (κ2) is 12.8. The molecule has 0 spiro atoms. The molecule has 1 saturated heterocycles. The van der Waals surface area contributed by atoms with Crippen molar-refractivity contribution in [1.29, 1.82) is 0 Å². The largest absolute Gasteiger partial charge is 0.480 e. The zero-order valence-corrected chi connectivity index (χ0v) is 17.5. The lowest BCUT2D eigenvalue weighted by Gasteiger charge is -2.33. The lowest BCUT2D eigenvalue weighted by atomic mass is 10.1. The lowest BCUT2D eigenvalue weighted by Crippen LogP contribution is -2.48. The molecular formula is C19H36N4O5. The molecule has 0 atom stereocenters. The summed E-state index contributed by atoms with van der Waals surface area (Å²) in [5.41, 5.74) is 0. The summed E-state index contributed by atoms with van der Waals surface area (Å²) in [5.74, 6) is -1.64. The van der Waals surface area contributed by atoms with Crippen LogP contribution in [-0.4, -0.2) is 126 Å². The third-order valence-corrected chi connectivity index (χ3v) is 5.12. The fraction of sp³-hybridized carbons (Fsp3) is 0.842. The zero-order valence-electron chi connectivity index (χ0n) is 17.5. The van der Waals surface area contributed by atoms with Crippen LogP contribution in [0.15, 0.2) is 0 Å². The Balaban J connectivity index is 2.87. The Kier molecular flexibility index (Phi) is 11.2. The minimum atomic E-state index is -0.854. The van der Waals surface area contributed by atoms with E-state index >= 15 is 0 Å². The number of aliphatic carboxylic acids is 2. The van der Waals surface area contributed by atoms with E-state index in [1.165, 1.54) is 0 Å². The molecule has 162 valence electrons. The zero-order chi connectivity index (χ0) is 21.1. The van der Waals surface area contributed by atoms with Gasteiger partial charge in [0, 0.05) is 58.3 Å². The highest BCUT2D eigenvalue weighted by atomic mass is 16.4. The van der Waals surface area contributed by atoms with E-state index in [1.54, 1.807) is 0 Å². The van der Waals surface area contributed by atoms with Gasteiger partial charge >= 0.3 is 11.9 Å². The smallest absolute Gasteiger partial charge is 0.317 e. The number of ketones is 1. The number of carboxylic acid groups (broad SMARTS) is 2. The van der Waals surface area contributed by atoms with Gasteiger partial charge in [-0.2, -0.15) is 0 Å². The lowest BCUT2D eigenvalue weighted by molar-refractivity contribution is -0.139. The Morgan fingerprint density at radius 2 is 1.00 bits per heavy atom. The predicted molar refractivity (Wildman–Crippen MR) is 107 cm³/mol. The van der Waals surface area contributed by atoms with Gasteiger partial charge in [-0.3, -0.25) is 29.1 Å². The van der Waals surface area contributed by atoms with Gasteiger partial charge in [0.25, 0.3) is 0 Å². The summed E-state index contributed by atoms with van der Waals surface area (Å²) >= 11 is 0. The highest BCUT2D eigenvalue weighted by molar-refractivity contribution is 5.82. The number of nitrogens with zero attached hydrogens (tertiary/aromatic N) is 4. The summed E-state index contributed by atoms with van der Waals surface area (Å²) < 4.78 is 0. The first kappa shape index (κ1) is 24.5. The van der Waals surface area contributed by atoms with Crippen molar-refractivity contribution in [2.45, 2.75) is 20.8 Å². The SMILES string of the molecule is CCN1CCN(CC(=O)O)CCN(CC(=O)C(C)C)CCN(CC(=O)O)CC1. The Labute approximate surface area is 167 Å². The molecule has 0 radical (unpaired) electrons. The van der Waals surface area contributed by atoms with Crippen molar-refractivity contribution in [3.63, 3.8) is 0 Å². The molecule has 1 rings (SSSR count). The van der Waals surface area contributed by atoms with E-state index in [0.29, 0.717) is 45.8 Å². The first-order chi connectivity index (χ1) is 13.2. The molecule has 0 bridgehead atoms. The normalized spacial score (nSPS) is 19.9. The van der Waals surface area contributed by atoms with Crippen LogP contribution in [0.2, 0.25) is 0 Å².